The number of hydrogen-bond donors (Lipinski definition) is 3. The molecule has 0 atom stereocenters. The summed E-state index contributed by atoms with van der Waals surface area (Å²) in [7, 11) is 0. The molecule has 1 aromatic carbocycles. The molecule has 0 spiro atoms. The van der Waals surface area contributed by atoms with Crippen molar-refractivity contribution in [1.29, 1.82) is 0 Å². The maximum atomic E-state index is 11.8. The van der Waals surface area contributed by atoms with Crippen molar-refractivity contribution in [1.82, 2.24) is 4.98 Å². The molecule has 0 saturated heterocycles. The van der Waals surface area contributed by atoms with Gasteiger partial charge in [0, 0.05) is 18.3 Å². The van der Waals surface area contributed by atoms with E-state index < -0.39 is 5.97 Å². The molecule has 0 bridgehead atoms. The minimum Gasteiger partial charge on any atom is -0.506 e. The van der Waals surface area contributed by atoms with Gasteiger partial charge in [-0.25, -0.2) is 4.79 Å². The minimum atomic E-state index is -1.13. The van der Waals surface area contributed by atoms with Crippen LogP contribution in [-0.4, -0.2) is 27.1 Å². The monoisotopic (exact) mass is 286 g/mol. The van der Waals surface area contributed by atoms with Crippen LogP contribution in [0.5, 0.6) is 5.75 Å². The number of aromatic nitrogens is 1. The Labute approximate surface area is 121 Å². The molecule has 0 aliphatic carbocycles. The molecular weight excluding hydrogens is 272 g/mol. The maximum absolute atomic E-state index is 11.8. The molecule has 2 rings (SSSR count). The Balaban J connectivity index is 1.99. The van der Waals surface area contributed by atoms with Gasteiger partial charge in [0.25, 0.3) is 0 Å². The number of hydrogen-bond acceptors (Lipinski definition) is 4. The van der Waals surface area contributed by atoms with Crippen LogP contribution in [0.1, 0.15) is 22.5 Å². The molecule has 0 saturated carbocycles. The predicted molar refractivity (Wildman–Crippen MR) is 76.3 cm³/mol. The normalized spacial score (nSPS) is 10.1. The van der Waals surface area contributed by atoms with Crippen molar-refractivity contribution in [2.24, 2.45) is 0 Å². The van der Waals surface area contributed by atoms with Gasteiger partial charge in [-0.15, -0.1) is 0 Å². The highest BCUT2D eigenvalue weighted by Crippen LogP contribution is 2.24. The second kappa shape index (κ2) is 6.51. The van der Waals surface area contributed by atoms with E-state index in [4.69, 9.17) is 5.11 Å². The summed E-state index contributed by atoms with van der Waals surface area (Å²) < 4.78 is 0. The number of carbonyl (C=O) groups is 2. The summed E-state index contributed by atoms with van der Waals surface area (Å²) in [4.78, 5) is 26.8. The number of phenols is 1. The maximum Gasteiger partial charge on any atom is 0.335 e. The van der Waals surface area contributed by atoms with Crippen LogP contribution in [-0.2, 0) is 11.2 Å². The Morgan fingerprint density at radius 1 is 1.19 bits per heavy atom. The van der Waals surface area contributed by atoms with E-state index in [0.717, 1.165) is 5.69 Å². The third-order valence-electron chi connectivity index (χ3n) is 2.85. The van der Waals surface area contributed by atoms with Gasteiger partial charge in [0.2, 0.25) is 5.91 Å². The van der Waals surface area contributed by atoms with Crippen molar-refractivity contribution >= 4 is 17.6 Å². The van der Waals surface area contributed by atoms with Crippen molar-refractivity contribution in [3.63, 3.8) is 0 Å². The van der Waals surface area contributed by atoms with Gasteiger partial charge in [0.1, 0.15) is 5.75 Å². The fourth-order valence-corrected chi connectivity index (χ4v) is 1.77. The molecule has 21 heavy (non-hydrogen) atoms. The first kappa shape index (κ1) is 14.5. The van der Waals surface area contributed by atoms with Crippen molar-refractivity contribution in [2.75, 3.05) is 5.32 Å². The van der Waals surface area contributed by atoms with Crippen LogP contribution in [0.25, 0.3) is 0 Å². The van der Waals surface area contributed by atoms with Gasteiger partial charge in [-0.05, 0) is 36.8 Å². The van der Waals surface area contributed by atoms with Crippen LogP contribution < -0.4 is 5.32 Å². The van der Waals surface area contributed by atoms with E-state index in [1.165, 1.54) is 18.2 Å². The highest BCUT2D eigenvalue weighted by molar-refractivity contribution is 5.95. The zero-order valence-corrected chi connectivity index (χ0v) is 11.1. The third-order valence-corrected chi connectivity index (χ3v) is 2.85. The number of amides is 1. The predicted octanol–water partition coefficient (Wildman–Crippen LogP) is 2.06. The standard InChI is InChI=1S/C15H14N2O4/c18-13-6-4-10(15(20)21)9-12(13)17-14(19)7-5-11-3-1-2-8-16-11/h1-4,6,8-9,18H,5,7H2,(H,17,19)(H,20,21). The van der Waals surface area contributed by atoms with E-state index in [2.05, 4.69) is 10.3 Å². The average Bonchev–Trinajstić information content (AvgIpc) is 2.48. The van der Waals surface area contributed by atoms with Crippen LogP contribution in [0, 0.1) is 0 Å². The van der Waals surface area contributed by atoms with Gasteiger partial charge in [-0.1, -0.05) is 6.07 Å². The minimum absolute atomic E-state index is 0.00664. The number of nitrogens with one attached hydrogen (secondary N) is 1. The number of carbonyl (C=O) groups excluding carboxylic acids is 1. The number of nitrogens with zero attached hydrogens (tertiary/aromatic N) is 1. The molecule has 1 heterocycles. The van der Waals surface area contributed by atoms with E-state index in [1.54, 1.807) is 12.3 Å². The zero-order chi connectivity index (χ0) is 15.2. The summed E-state index contributed by atoms with van der Waals surface area (Å²) in [6, 6.07) is 9.16. The molecule has 1 aromatic heterocycles. The van der Waals surface area contributed by atoms with E-state index in [-0.39, 0.29) is 29.3 Å². The molecule has 108 valence electrons. The van der Waals surface area contributed by atoms with Gasteiger partial charge in [-0.3, -0.25) is 9.78 Å². The fraction of sp³-hybridized carbons (Fsp3) is 0.133. The first-order valence-electron chi connectivity index (χ1n) is 6.32. The number of anilines is 1. The zero-order valence-electron chi connectivity index (χ0n) is 11.1. The summed E-state index contributed by atoms with van der Waals surface area (Å²) >= 11 is 0. The van der Waals surface area contributed by atoms with Crippen LogP contribution in [0.2, 0.25) is 0 Å². The lowest BCUT2D eigenvalue weighted by Gasteiger charge is -2.08. The Kier molecular flexibility index (Phi) is 4.50. The number of phenolic OH excluding ortho intramolecular Hbond substituents is 1. The molecule has 1 amide bonds. The summed E-state index contributed by atoms with van der Waals surface area (Å²) in [5.74, 6) is -1.62. The number of aromatic carboxylic acids is 1. The highest BCUT2D eigenvalue weighted by atomic mass is 16.4. The number of carboxylic acid groups (broad SMARTS) is 1. The molecular formula is C15H14N2O4. The van der Waals surface area contributed by atoms with Crippen LogP contribution in [0.15, 0.2) is 42.6 Å². The van der Waals surface area contributed by atoms with Gasteiger partial charge >= 0.3 is 5.97 Å². The fourth-order valence-electron chi connectivity index (χ4n) is 1.77. The number of pyridine rings is 1. The van der Waals surface area contributed by atoms with Crippen LogP contribution in [0.4, 0.5) is 5.69 Å². The van der Waals surface area contributed by atoms with Crippen LogP contribution in [0.3, 0.4) is 0 Å². The van der Waals surface area contributed by atoms with E-state index in [0.29, 0.717) is 6.42 Å². The van der Waals surface area contributed by atoms with Crippen molar-refractivity contribution in [3.8, 4) is 5.75 Å². The molecule has 6 nitrogen and oxygen atoms in total. The quantitative estimate of drug-likeness (QED) is 0.730. The first-order chi connectivity index (χ1) is 10.1. The smallest absolute Gasteiger partial charge is 0.335 e. The van der Waals surface area contributed by atoms with E-state index >= 15 is 0 Å². The molecule has 0 aliphatic heterocycles. The van der Waals surface area contributed by atoms with Gasteiger partial charge in [0.05, 0.1) is 11.3 Å². The van der Waals surface area contributed by atoms with E-state index in [9.17, 15) is 14.7 Å². The molecule has 0 unspecified atom stereocenters. The average molecular weight is 286 g/mol. The third kappa shape index (κ3) is 4.04. The summed E-state index contributed by atoms with van der Waals surface area (Å²) in [6.45, 7) is 0. The van der Waals surface area contributed by atoms with E-state index in [1.807, 2.05) is 12.1 Å². The number of aromatic hydroxyl groups is 1. The molecule has 2 aromatic rings. The lowest BCUT2D eigenvalue weighted by atomic mass is 10.1. The van der Waals surface area contributed by atoms with Crippen LogP contribution >= 0.6 is 0 Å². The number of aryl methyl sites for hydroxylation is 1. The topological polar surface area (TPSA) is 99.5 Å². The molecule has 6 heteroatoms. The van der Waals surface area contributed by atoms with Gasteiger partial charge < -0.3 is 15.5 Å². The molecule has 0 radical (unpaired) electrons. The summed E-state index contributed by atoms with van der Waals surface area (Å²) in [6.07, 6.45) is 2.30. The van der Waals surface area contributed by atoms with Crippen molar-refractivity contribution in [3.05, 3.63) is 53.9 Å². The molecule has 3 N–H and O–H groups in total. The summed E-state index contributed by atoms with van der Waals surface area (Å²) in [5, 5.41) is 21.0. The second-order valence-electron chi connectivity index (χ2n) is 4.41. The summed E-state index contributed by atoms with van der Waals surface area (Å²) in [5.41, 5.74) is 0.866. The van der Waals surface area contributed by atoms with Gasteiger partial charge in [-0.2, -0.15) is 0 Å². The SMILES string of the molecule is O=C(CCc1ccccn1)Nc1cc(C(=O)O)ccc1O. The molecule has 0 aliphatic rings. The Morgan fingerprint density at radius 2 is 2.00 bits per heavy atom. The Bertz CT molecular complexity index is 656. The largest absolute Gasteiger partial charge is 0.506 e. The lowest BCUT2D eigenvalue weighted by molar-refractivity contribution is -0.116. The van der Waals surface area contributed by atoms with Crippen molar-refractivity contribution in [2.45, 2.75) is 12.8 Å². The highest BCUT2D eigenvalue weighted by Gasteiger charge is 2.10. The number of carboxylic acids is 1. The van der Waals surface area contributed by atoms with Crippen molar-refractivity contribution < 1.29 is 19.8 Å². The Morgan fingerprint density at radius 3 is 2.67 bits per heavy atom. The molecule has 0 fully saturated rings. The second-order valence-corrected chi connectivity index (χ2v) is 4.41. The Hall–Kier alpha value is -2.89. The lowest BCUT2D eigenvalue weighted by Crippen LogP contribution is -2.13. The number of benzene rings is 1. The first-order valence-corrected chi connectivity index (χ1v) is 6.32. The number of rotatable bonds is 5. The van der Waals surface area contributed by atoms with Gasteiger partial charge in [0.15, 0.2) is 0 Å².